The van der Waals surface area contributed by atoms with Crippen LogP contribution in [0.4, 0.5) is 30.6 Å². The standard InChI is InChI=1S/C14H12ClF3N6/c1-3-13(4-5-13)24-10(15)9(7-21-24)22-12-20-6-8(14(16,17)18)11(19-2)23-12/h1,6-7H,4-5H2,2H3,(H2,19,20,22,23). The molecule has 0 aromatic carbocycles. The van der Waals surface area contributed by atoms with Crippen LogP contribution >= 0.6 is 11.6 Å². The zero-order valence-electron chi connectivity index (χ0n) is 12.4. The molecule has 0 atom stereocenters. The summed E-state index contributed by atoms with van der Waals surface area (Å²) >= 11 is 6.25. The molecule has 24 heavy (non-hydrogen) atoms. The van der Waals surface area contributed by atoms with Crippen molar-refractivity contribution >= 4 is 29.1 Å². The van der Waals surface area contributed by atoms with E-state index < -0.39 is 17.3 Å². The highest BCUT2D eigenvalue weighted by Crippen LogP contribution is 2.45. The first kappa shape index (κ1) is 16.4. The van der Waals surface area contributed by atoms with Gasteiger partial charge in [-0.3, -0.25) is 0 Å². The molecule has 1 aliphatic carbocycles. The molecule has 126 valence electrons. The number of terminal acetylenes is 1. The monoisotopic (exact) mass is 356 g/mol. The number of alkyl halides is 3. The van der Waals surface area contributed by atoms with Crippen molar-refractivity contribution in [2.45, 2.75) is 24.6 Å². The molecule has 10 heteroatoms. The van der Waals surface area contributed by atoms with Gasteiger partial charge in [0.05, 0.1) is 11.9 Å². The quantitative estimate of drug-likeness (QED) is 0.823. The maximum atomic E-state index is 12.8. The third-order valence-corrected chi connectivity index (χ3v) is 4.05. The SMILES string of the molecule is C#CC1(n2ncc(Nc3ncc(C(F)(F)F)c(NC)n3)c2Cl)CC1. The highest BCUT2D eigenvalue weighted by atomic mass is 35.5. The molecule has 3 rings (SSSR count). The van der Waals surface area contributed by atoms with Gasteiger partial charge in [0.15, 0.2) is 5.15 Å². The Bertz CT molecular complexity index is 819. The van der Waals surface area contributed by atoms with Crippen molar-refractivity contribution in [3.63, 3.8) is 0 Å². The number of nitrogens with one attached hydrogen (secondary N) is 2. The smallest absolute Gasteiger partial charge is 0.372 e. The largest absolute Gasteiger partial charge is 0.421 e. The highest BCUT2D eigenvalue weighted by Gasteiger charge is 2.45. The van der Waals surface area contributed by atoms with E-state index in [0.717, 1.165) is 12.8 Å². The molecule has 0 bridgehead atoms. The minimum absolute atomic E-state index is 0.0423. The van der Waals surface area contributed by atoms with Gasteiger partial charge >= 0.3 is 6.18 Å². The van der Waals surface area contributed by atoms with E-state index >= 15 is 0 Å². The van der Waals surface area contributed by atoms with Crippen molar-refractivity contribution < 1.29 is 13.2 Å². The predicted octanol–water partition coefficient (Wildman–Crippen LogP) is 3.25. The second-order valence-electron chi connectivity index (χ2n) is 5.27. The van der Waals surface area contributed by atoms with Gasteiger partial charge < -0.3 is 10.6 Å². The van der Waals surface area contributed by atoms with Crippen LogP contribution in [0.1, 0.15) is 18.4 Å². The zero-order chi connectivity index (χ0) is 17.5. The Hall–Kier alpha value is -2.47. The summed E-state index contributed by atoms with van der Waals surface area (Å²) in [5.74, 6) is 2.27. The predicted molar refractivity (Wildman–Crippen MR) is 83.1 cm³/mol. The third-order valence-electron chi connectivity index (χ3n) is 3.69. The van der Waals surface area contributed by atoms with Gasteiger partial charge in [0.1, 0.15) is 16.9 Å². The molecule has 1 aliphatic rings. The van der Waals surface area contributed by atoms with E-state index in [1.165, 1.54) is 17.9 Å². The Labute approximate surface area is 140 Å². The molecule has 0 radical (unpaired) electrons. The number of halogens is 4. The van der Waals surface area contributed by atoms with Crippen molar-refractivity contribution in [2.75, 3.05) is 17.7 Å². The average molecular weight is 357 g/mol. The van der Waals surface area contributed by atoms with Crippen LogP contribution in [0.5, 0.6) is 0 Å². The molecule has 2 aromatic rings. The Balaban J connectivity index is 1.89. The molecule has 0 amide bonds. The maximum Gasteiger partial charge on any atom is 0.421 e. The topological polar surface area (TPSA) is 67.7 Å². The molecule has 0 spiro atoms. The second-order valence-corrected chi connectivity index (χ2v) is 5.62. The van der Waals surface area contributed by atoms with Crippen LogP contribution in [0.25, 0.3) is 0 Å². The summed E-state index contributed by atoms with van der Waals surface area (Å²) in [6.07, 6.45) is 4.61. The van der Waals surface area contributed by atoms with Gasteiger partial charge in [-0.1, -0.05) is 17.5 Å². The Kier molecular flexibility index (Phi) is 3.80. The fourth-order valence-electron chi connectivity index (χ4n) is 2.21. The summed E-state index contributed by atoms with van der Waals surface area (Å²) in [5, 5.41) is 9.55. The van der Waals surface area contributed by atoms with Crippen LogP contribution in [0.2, 0.25) is 5.15 Å². The molecule has 2 N–H and O–H groups in total. The molecule has 0 unspecified atom stereocenters. The Morgan fingerprint density at radius 1 is 1.38 bits per heavy atom. The van der Waals surface area contributed by atoms with Crippen LogP contribution in [-0.4, -0.2) is 26.8 Å². The van der Waals surface area contributed by atoms with Crippen molar-refractivity contribution in [3.8, 4) is 12.3 Å². The lowest BCUT2D eigenvalue weighted by Crippen LogP contribution is -2.16. The first-order valence-corrected chi connectivity index (χ1v) is 7.29. The van der Waals surface area contributed by atoms with E-state index in [9.17, 15) is 13.2 Å². The first-order valence-electron chi connectivity index (χ1n) is 6.91. The van der Waals surface area contributed by atoms with Crippen molar-refractivity contribution in [2.24, 2.45) is 0 Å². The number of rotatable bonds is 4. The van der Waals surface area contributed by atoms with Gasteiger partial charge in [-0.05, 0) is 12.8 Å². The van der Waals surface area contributed by atoms with E-state index in [4.69, 9.17) is 18.0 Å². The minimum Gasteiger partial charge on any atom is -0.372 e. The summed E-state index contributed by atoms with van der Waals surface area (Å²) in [5.41, 5.74) is -1.12. The first-order chi connectivity index (χ1) is 11.3. The number of anilines is 3. The highest BCUT2D eigenvalue weighted by molar-refractivity contribution is 6.32. The summed E-state index contributed by atoms with van der Waals surface area (Å²) in [7, 11) is 1.34. The molecule has 0 saturated heterocycles. The number of nitrogens with zero attached hydrogens (tertiary/aromatic N) is 4. The summed E-state index contributed by atoms with van der Waals surface area (Å²) in [6, 6.07) is 0. The molecular formula is C14H12ClF3N6. The van der Waals surface area contributed by atoms with Crippen molar-refractivity contribution in [3.05, 3.63) is 23.1 Å². The molecule has 2 heterocycles. The molecular weight excluding hydrogens is 345 g/mol. The minimum atomic E-state index is -4.55. The molecule has 1 fully saturated rings. The van der Waals surface area contributed by atoms with Crippen molar-refractivity contribution in [1.29, 1.82) is 0 Å². The van der Waals surface area contributed by atoms with Crippen LogP contribution in [0.15, 0.2) is 12.4 Å². The van der Waals surface area contributed by atoms with Crippen LogP contribution < -0.4 is 10.6 Å². The average Bonchev–Trinajstić information content (AvgIpc) is 3.26. The lowest BCUT2D eigenvalue weighted by atomic mass is 10.3. The van der Waals surface area contributed by atoms with Gasteiger partial charge in [-0.15, -0.1) is 6.42 Å². The normalized spacial score (nSPS) is 15.7. The third kappa shape index (κ3) is 2.73. The van der Waals surface area contributed by atoms with Gasteiger partial charge in [0.2, 0.25) is 5.95 Å². The number of hydrogen-bond donors (Lipinski definition) is 2. The van der Waals surface area contributed by atoms with Gasteiger partial charge in [-0.25, -0.2) is 9.67 Å². The number of aromatic nitrogens is 4. The summed E-state index contributed by atoms with van der Waals surface area (Å²) < 4.78 is 40.0. The zero-order valence-corrected chi connectivity index (χ0v) is 13.2. The lowest BCUT2D eigenvalue weighted by Gasteiger charge is -2.13. The van der Waals surface area contributed by atoms with Crippen LogP contribution in [0, 0.1) is 12.3 Å². The van der Waals surface area contributed by atoms with Crippen LogP contribution in [-0.2, 0) is 11.7 Å². The summed E-state index contributed by atoms with van der Waals surface area (Å²) in [4.78, 5) is 7.49. The lowest BCUT2D eigenvalue weighted by molar-refractivity contribution is -0.137. The second kappa shape index (κ2) is 5.56. The van der Waals surface area contributed by atoms with Gasteiger partial charge in [0, 0.05) is 13.2 Å². The molecule has 0 aliphatic heterocycles. The molecule has 2 aromatic heterocycles. The van der Waals surface area contributed by atoms with E-state index in [2.05, 4.69) is 31.6 Å². The van der Waals surface area contributed by atoms with Gasteiger partial charge in [0.25, 0.3) is 0 Å². The summed E-state index contributed by atoms with van der Waals surface area (Å²) in [6.45, 7) is 0. The fraction of sp³-hybridized carbons (Fsp3) is 0.357. The Morgan fingerprint density at radius 3 is 2.62 bits per heavy atom. The van der Waals surface area contributed by atoms with Gasteiger partial charge in [-0.2, -0.15) is 23.3 Å². The fourth-order valence-corrected chi connectivity index (χ4v) is 2.51. The van der Waals surface area contributed by atoms with E-state index in [-0.39, 0.29) is 16.9 Å². The number of hydrogen-bond acceptors (Lipinski definition) is 5. The van der Waals surface area contributed by atoms with E-state index in [0.29, 0.717) is 11.9 Å². The Morgan fingerprint density at radius 2 is 2.08 bits per heavy atom. The molecule has 1 saturated carbocycles. The maximum absolute atomic E-state index is 12.8. The van der Waals surface area contributed by atoms with E-state index in [1.54, 1.807) is 0 Å². The van der Waals surface area contributed by atoms with E-state index in [1.807, 2.05) is 0 Å². The van der Waals surface area contributed by atoms with Crippen molar-refractivity contribution in [1.82, 2.24) is 19.7 Å². The van der Waals surface area contributed by atoms with Crippen LogP contribution in [0.3, 0.4) is 0 Å². The molecule has 6 nitrogen and oxygen atoms in total.